The first-order valence-corrected chi connectivity index (χ1v) is 8.42. The molecule has 4 heteroatoms. The molecule has 0 atom stereocenters. The van der Waals surface area contributed by atoms with Crippen LogP contribution in [0.2, 0.25) is 0 Å². The van der Waals surface area contributed by atoms with Crippen molar-refractivity contribution in [2.45, 2.75) is 26.7 Å². The standard InChI is InChI=1S/C21H21NO3/c1-3-25-21(24)13-18-14-22(15(2)23)20-10-9-17(12-19(18)20)11-16-7-5-4-6-8-16/h4-10,12,14H,3,11,13H2,1-2H3. The summed E-state index contributed by atoms with van der Waals surface area (Å²) in [4.78, 5) is 23.8. The fraction of sp³-hybridized carbons (Fsp3) is 0.238. The van der Waals surface area contributed by atoms with E-state index in [0.717, 1.165) is 28.5 Å². The Bertz CT molecular complexity index is 910. The topological polar surface area (TPSA) is 48.3 Å². The molecule has 0 unspecified atom stereocenters. The molecule has 0 saturated heterocycles. The van der Waals surface area contributed by atoms with Crippen molar-refractivity contribution in [1.29, 1.82) is 0 Å². The lowest BCUT2D eigenvalue weighted by molar-refractivity contribution is -0.142. The van der Waals surface area contributed by atoms with Gasteiger partial charge < -0.3 is 4.74 Å². The van der Waals surface area contributed by atoms with E-state index in [1.807, 2.05) is 30.3 Å². The third-order valence-electron chi connectivity index (χ3n) is 4.18. The molecule has 1 aromatic heterocycles. The predicted molar refractivity (Wildman–Crippen MR) is 97.8 cm³/mol. The normalized spacial score (nSPS) is 10.8. The molecule has 0 fully saturated rings. The molecular formula is C21H21NO3. The molecule has 128 valence electrons. The fourth-order valence-corrected chi connectivity index (χ4v) is 3.06. The van der Waals surface area contributed by atoms with Crippen molar-refractivity contribution in [2.75, 3.05) is 6.61 Å². The van der Waals surface area contributed by atoms with Gasteiger partial charge in [-0.3, -0.25) is 14.2 Å². The van der Waals surface area contributed by atoms with E-state index in [2.05, 4.69) is 18.2 Å². The Hall–Kier alpha value is -2.88. The van der Waals surface area contributed by atoms with Gasteiger partial charge in [0.2, 0.25) is 5.91 Å². The summed E-state index contributed by atoms with van der Waals surface area (Å²) in [6.45, 7) is 3.66. The van der Waals surface area contributed by atoms with Crippen LogP contribution >= 0.6 is 0 Å². The zero-order valence-corrected chi connectivity index (χ0v) is 14.5. The molecular weight excluding hydrogens is 314 g/mol. The van der Waals surface area contributed by atoms with Crippen molar-refractivity contribution >= 4 is 22.8 Å². The quantitative estimate of drug-likeness (QED) is 0.662. The zero-order valence-electron chi connectivity index (χ0n) is 14.5. The minimum Gasteiger partial charge on any atom is -0.466 e. The van der Waals surface area contributed by atoms with E-state index in [1.165, 1.54) is 12.5 Å². The molecule has 0 saturated carbocycles. The van der Waals surface area contributed by atoms with E-state index < -0.39 is 0 Å². The summed E-state index contributed by atoms with van der Waals surface area (Å²) in [6.07, 6.45) is 2.72. The Balaban J connectivity index is 2.00. The van der Waals surface area contributed by atoms with Crippen LogP contribution in [0.4, 0.5) is 0 Å². The van der Waals surface area contributed by atoms with Gasteiger partial charge in [0.15, 0.2) is 0 Å². The van der Waals surface area contributed by atoms with Gasteiger partial charge in [-0.1, -0.05) is 36.4 Å². The molecule has 4 nitrogen and oxygen atoms in total. The Morgan fingerprint density at radius 3 is 2.48 bits per heavy atom. The Morgan fingerprint density at radius 2 is 1.80 bits per heavy atom. The lowest BCUT2D eigenvalue weighted by atomic mass is 10.0. The number of aromatic nitrogens is 1. The summed E-state index contributed by atoms with van der Waals surface area (Å²) in [7, 11) is 0. The van der Waals surface area contributed by atoms with Gasteiger partial charge in [-0.2, -0.15) is 0 Å². The fourth-order valence-electron chi connectivity index (χ4n) is 3.06. The average Bonchev–Trinajstić information content (AvgIpc) is 2.94. The molecule has 0 amide bonds. The van der Waals surface area contributed by atoms with Crippen molar-refractivity contribution in [3.63, 3.8) is 0 Å². The number of carbonyl (C=O) groups is 2. The van der Waals surface area contributed by atoms with E-state index in [0.29, 0.717) is 6.61 Å². The molecule has 0 aliphatic rings. The van der Waals surface area contributed by atoms with Crippen LogP contribution in [0.1, 0.15) is 35.3 Å². The summed E-state index contributed by atoms with van der Waals surface area (Å²) in [5.74, 6) is -0.352. The SMILES string of the molecule is CCOC(=O)Cc1cn(C(C)=O)c2ccc(Cc3ccccc3)cc12. The third kappa shape index (κ3) is 3.79. The van der Waals surface area contributed by atoms with E-state index in [9.17, 15) is 9.59 Å². The number of nitrogens with zero attached hydrogens (tertiary/aromatic N) is 1. The highest BCUT2D eigenvalue weighted by molar-refractivity contribution is 5.95. The van der Waals surface area contributed by atoms with Crippen LogP contribution in [0.25, 0.3) is 10.9 Å². The Labute approximate surface area is 147 Å². The molecule has 0 aliphatic heterocycles. The monoisotopic (exact) mass is 335 g/mol. The number of hydrogen-bond acceptors (Lipinski definition) is 3. The first-order chi connectivity index (χ1) is 12.1. The van der Waals surface area contributed by atoms with E-state index in [4.69, 9.17) is 4.74 Å². The smallest absolute Gasteiger partial charge is 0.310 e. The van der Waals surface area contributed by atoms with Crippen LogP contribution < -0.4 is 0 Å². The van der Waals surface area contributed by atoms with Crippen molar-refractivity contribution in [3.05, 3.63) is 71.4 Å². The molecule has 0 radical (unpaired) electrons. The molecule has 25 heavy (non-hydrogen) atoms. The van der Waals surface area contributed by atoms with Crippen LogP contribution in [-0.2, 0) is 22.4 Å². The van der Waals surface area contributed by atoms with Crippen molar-refractivity contribution in [2.24, 2.45) is 0 Å². The first kappa shape index (κ1) is 17.0. The largest absolute Gasteiger partial charge is 0.466 e. The van der Waals surface area contributed by atoms with Crippen LogP contribution in [0.15, 0.2) is 54.7 Å². The van der Waals surface area contributed by atoms with Crippen LogP contribution in [-0.4, -0.2) is 23.1 Å². The molecule has 1 heterocycles. The minimum absolute atomic E-state index is 0.0732. The number of ether oxygens (including phenoxy) is 1. The highest BCUT2D eigenvalue weighted by Crippen LogP contribution is 2.25. The second-order valence-corrected chi connectivity index (χ2v) is 6.04. The molecule has 3 aromatic rings. The summed E-state index contributed by atoms with van der Waals surface area (Å²) >= 11 is 0. The van der Waals surface area contributed by atoms with Crippen LogP contribution in [0, 0.1) is 0 Å². The maximum Gasteiger partial charge on any atom is 0.310 e. The number of benzene rings is 2. The molecule has 0 bridgehead atoms. The van der Waals surface area contributed by atoms with Gasteiger partial charge in [-0.15, -0.1) is 0 Å². The van der Waals surface area contributed by atoms with Crippen molar-refractivity contribution in [1.82, 2.24) is 4.57 Å². The minimum atomic E-state index is -0.279. The van der Waals surface area contributed by atoms with Gasteiger partial charge in [-0.05, 0) is 42.2 Å². The molecule has 0 aliphatic carbocycles. The highest BCUT2D eigenvalue weighted by atomic mass is 16.5. The number of esters is 1. The molecule has 3 rings (SSSR count). The average molecular weight is 335 g/mol. The first-order valence-electron chi connectivity index (χ1n) is 8.42. The summed E-state index contributed by atoms with van der Waals surface area (Å²) < 4.78 is 6.65. The van der Waals surface area contributed by atoms with Gasteiger partial charge in [0, 0.05) is 18.5 Å². The Morgan fingerprint density at radius 1 is 1.04 bits per heavy atom. The maximum absolute atomic E-state index is 11.9. The van der Waals surface area contributed by atoms with Gasteiger partial charge in [0.05, 0.1) is 18.5 Å². The number of carbonyl (C=O) groups excluding carboxylic acids is 2. The van der Waals surface area contributed by atoms with Gasteiger partial charge in [-0.25, -0.2) is 0 Å². The second kappa shape index (κ2) is 7.34. The van der Waals surface area contributed by atoms with E-state index >= 15 is 0 Å². The summed E-state index contributed by atoms with van der Waals surface area (Å²) in [5, 5.41) is 0.927. The number of hydrogen-bond donors (Lipinski definition) is 0. The van der Waals surface area contributed by atoms with Crippen LogP contribution in [0.5, 0.6) is 0 Å². The zero-order chi connectivity index (χ0) is 17.8. The maximum atomic E-state index is 11.9. The lowest BCUT2D eigenvalue weighted by Crippen LogP contribution is -2.07. The van der Waals surface area contributed by atoms with Crippen molar-refractivity contribution < 1.29 is 14.3 Å². The lowest BCUT2D eigenvalue weighted by Gasteiger charge is -2.05. The molecule has 2 aromatic carbocycles. The summed E-state index contributed by atoms with van der Waals surface area (Å²) in [5.41, 5.74) is 4.01. The third-order valence-corrected chi connectivity index (χ3v) is 4.18. The Kier molecular flexibility index (Phi) is 4.98. The second-order valence-electron chi connectivity index (χ2n) is 6.04. The van der Waals surface area contributed by atoms with Gasteiger partial charge >= 0.3 is 5.97 Å². The van der Waals surface area contributed by atoms with Crippen LogP contribution in [0.3, 0.4) is 0 Å². The predicted octanol–water partition coefficient (Wildman–Crippen LogP) is 4.00. The van der Waals surface area contributed by atoms with Gasteiger partial charge in [0.25, 0.3) is 0 Å². The van der Waals surface area contributed by atoms with Crippen molar-refractivity contribution in [3.8, 4) is 0 Å². The van der Waals surface area contributed by atoms with E-state index in [-0.39, 0.29) is 18.3 Å². The highest BCUT2D eigenvalue weighted by Gasteiger charge is 2.15. The van der Waals surface area contributed by atoms with E-state index in [1.54, 1.807) is 17.7 Å². The number of rotatable bonds is 5. The molecule has 0 N–H and O–H groups in total. The summed E-state index contributed by atoms with van der Waals surface area (Å²) in [6, 6.07) is 16.3. The number of fused-ring (bicyclic) bond motifs is 1. The van der Waals surface area contributed by atoms with Gasteiger partial charge in [0.1, 0.15) is 0 Å². The molecule has 0 spiro atoms.